The van der Waals surface area contributed by atoms with E-state index in [1.807, 2.05) is 50.2 Å². The van der Waals surface area contributed by atoms with Gasteiger partial charge in [0.2, 0.25) is 5.91 Å². The predicted molar refractivity (Wildman–Crippen MR) is 113 cm³/mol. The van der Waals surface area contributed by atoms with Gasteiger partial charge in [0.1, 0.15) is 22.5 Å². The van der Waals surface area contributed by atoms with Gasteiger partial charge in [-0.25, -0.2) is 14.8 Å². The lowest BCUT2D eigenvalue weighted by molar-refractivity contribution is -0.117. The van der Waals surface area contributed by atoms with Gasteiger partial charge in [0.05, 0.1) is 5.75 Å². The van der Waals surface area contributed by atoms with Crippen molar-refractivity contribution < 1.29 is 14.0 Å². The first kappa shape index (κ1) is 18.9. The van der Waals surface area contributed by atoms with Gasteiger partial charge in [-0.3, -0.25) is 10.1 Å². The van der Waals surface area contributed by atoms with Gasteiger partial charge < -0.3 is 9.73 Å². The van der Waals surface area contributed by atoms with Crippen LogP contribution < -0.4 is 10.6 Å². The number of aryl methyl sites for hydroxylation is 2. The normalized spacial score (nSPS) is 11.0. The van der Waals surface area contributed by atoms with Crippen molar-refractivity contribution in [3.63, 3.8) is 0 Å². The Morgan fingerprint density at radius 3 is 2.72 bits per heavy atom. The molecule has 0 aliphatic rings. The summed E-state index contributed by atoms with van der Waals surface area (Å²) in [6.07, 6.45) is 1.44. The first-order chi connectivity index (χ1) is 14.0. The van der Waals surface area contributed by atoms with Gasteiger partial charge in [0.25, 0.3) is 0 Å². The van der Waals surface area contributed by atoms with Crippen molar-refractivity contribution in [2.75, 3.05) is 11.1 Å². The average Bonchev–Trinajstić information content (AvgIpc) is 3.08. The lowest BCUT2D eigenvalue weighted by atomic mass is 10.1. The fourth-order valence-corrected chi connectivity index (χ4v) is 3.61. The first-order valence-corrected chi connectivity index (χ1v) is 9.93. The van der Waals surface area contributed by atoms with Crippen LogP contribution in [0.2, 0.25) is 0 Å². The molecule has 2 aromatic heterocycles. The number of para-hydroxylation sites is 1. The van der Waals surface area contributed by atoms with Crippen LogP contribution in [0.1, 0.15) is 11.1 Å². The van der Waals surface area contributed by atoms with Gasteiger partial charge >= 0.3 is 6.03 Å². The third-order valence-electron chi connectivity index (χ3n) is 4.48. The molecular formula is C21H18N4O3S. The highest BCUT2D eigenvalue weighted by molar-refractivity contribution is 8.00. The summed E-state index contributed by atoms with van der Waals surface area (Å²) >= 11 is 1.19. The number of thioether (sulfide) groups is 1. The number of carbonyl (C=O) groups is 2. The number of imide groups is 1. The minimum atomic E-state index is -0.574. The highest BCUT2D eigenvalue weighted by atomic mass is 32.2. The second-order valence-electron chi connectivity index (χ2n) is 6.54. The molecule has 0 unspecified atom stereocenters. The van der Waals surface area contributed by atoms with Gasteiger partial charge in [-0.15, -0.1) is 0 Å². The maximum atomic E-state index is 12.2. The number of anilines is 1. The van der Waals surface area contributed by atoms with Crippen LogP contribution in [-0.2, 0) is 4.79 Å². The first-order valence-electron chi connectivity index (χ1n) is 8.94. The molecule has 2 aromatic carbocycles. The summed E-state index contributed by atoms with van der Waals surface area (Å²) in [6, 6.07) is 12.6. The molecule has 4 rings (SSSR count). The van der Waals surface area contributed by atoms with Gasteiger partial charge in [-0.2, -0.15) is 0 Å². The average molecular weight is 406 g/mol. The molecule has 29 heavy (non-hydrogen) atoms. The molecule has 0 bridgehead atoms. The number of hydrogen-bond donors (Lipinski definition) is 2. The summed E-state index contributed by atoms with van der Waals surface area (Å²) in [6.45, 7) is 3.95. The summed E-state index contributed by atoms with van der Waals surface area (Å²) < 4.78 is 5.84. The Bertz CT molecular complexity index is 1240. The zero-order valence-electron chi connectivity index (χ0n) is 15.9. The Morgan fingerprint density at radius 2 is 1.90 bits per heavy atom. The fraction of sp³-hybridized carbons (Fsp3) is 0.143. The number of benzene rings is 2. The summed E-state index contributed by atoms with van der Waals surface area (Å²) in [5.41, 5.74) is 4.76. The van der Waals surface area contributed by atoms with Crippen molar-refractivity contribution in [2.45, 2.75) is 18.9 Å². The summed E-state index contributed by atoms with van der Waals surface area (Å²) in [5, 5.41) is 6.43. The Labute approximate surface area is 170 Å². The number of amides is 3. The van der Waals surface area contributed by atoms with E-state index < -0.39 is 11.9 Å². The maximum absolute atomic E-state index is 12.2. The zero-order chi connectivity index (χ0) is 20.4. The van der Waals surface area contributed by atoms with Crippen LogP contribution in [0.25, 0.3) is 22.1 Å². The summed E-state index contributed by atoms with van der Waals surface area (Å²) in [7, 11) is 0. The largest absolute Gasteiger partial charge is 0.451 e. The van der Waals surface area contributed by atoms with Crippen molar-refractivity contribution in [3.05, 3.63) is 59.9 Å². The SMILES string of the molecule is Cc1ccc(NC(=O)NC(=O)CSc2ncnc3c2oc2ccccc23)cc1C. The molecule has 4 aromatic rings. The number of hydrogen-bond acceptors (Lipinski definition) is 6. The van der Waals surface area contributed by atoms with Gasteiger partial charge in [-0.05, 0) is 49.2 Å². The monoisotopic (exact) mass is 406 g/mol. The van der Waals surface area contributed by atoms with E-state index in [0.717, 1.165) is 16.5 Å². The number of furan rings is 1. The number of urea groups is 1. The Balaban J connectivity index is 1.40. The maximum Gasteiger partial charge on any atom is 0.325 e. The van der Waals surface area contributed by atoms with E-state index >= 15 is 0 Å². The van der Waals surface area contributed by atoms with E-state index in [2.05, 4.69) is 20.6 Å². The molecule has 0 spiro atoms. The van der Waals surface area contributed by atoms with Gasteiger partial charge in [-0.1, -0.05) is 30.0 Å². The van der Waals surface area contributed by atoms with Crippen LogP contribution >= 0.6 is 11.8 Å². The number of rotatable bonds is 4. The van der Waals surface area contributed by atoms with Crippen LogP contribution in [0.15, 0.2) is 58.2 Å². The molecule has 0 atom stereocenters. The fourth-order valence-electron chi connectivity index (χ4n) is 2.88. The van der Waals surface area contributed by atoms with Gasteiger partial charge in [0, 0.05) is 11.1 Å². The molecule has 2 heterocycles. The number of fused-ring (bicyclic) bond motifs is 3. The molecule has 0 aliphatic carbocycles. The van der Waals surface area contributed by atoms with Crippen LogP contribution in [0.5, 0.6) is 0 Å². The van der Waals surface area contributed by atoms with Crippen LogP contribution in [0, 0.1) is 13.8 Å². The van der Waals surface area contributed by atoms with E-state index in [1.54, 1.807) is 6.07 Å². The lowest BCUT2D eigenvalue weighted by Gasteiger charge is -2.08. The van der Waals surface area contributed by atoms with Crippen molar-refractivity contribution in [2.24, 2.45) is 0 Å². The molecule has 0 aliphatic heterocycles. The van der Waals surface area contributed by atoms with Crippen LogP contribution in [-0.4, -0.2) is 27.7 Å². The van der Waals surface area contributed by atoms with E-state index in [1.165, 1.54) is 18.1 Å². The molecule has 7 nitrogen and oxygen atoms in total. The van der Waals surface area contributed by atoms with Crippen LogP contribution in [0.4, 0.5) is 10.5 Å². The van der Waals surface area contributed by atoms with Crippen molar-refractivity contribution in [1.82, 2.24) is 15.3 Å². The molecular weight excluding hydrogens is 388 g/mol. The quantitative estimate of drug-likeness (QED) is 0.384. The molecule has 8 heteroatoms. The minimum Gasteiger partial charge on any atom is -0.451 e. The molecule has 2 N–H and O–H groups in total. The second-order valence-corrected chi connectivity index (χ2v) is 7.51. The summed E-state index contributed by atoms with van der Waals surface area (Å²) in [5.74, 6) is -0.414. The second kappa shape index (κ2) is 7.92. The van der Waals surface area contributed by atoms with E-state index in [9.17, 15) is 9.59 Å². The smallest absolute Gasteiger partial charge is 0.325 e. The Hall–Kier alpha value is -3.39. The highest BCUT2D eigenvalue weighted by Crippen LogP contribution is 2.32. The van der Waals surface area contributed by atoms with Crippen molar-refractivity contribution >= 4 is 51.5 Å². The van der Waals surface area contributed by atoms with Crippen molar-refractivity contribution in [3.8, 4) is 0 Å². The molecule has 3 amide bonds. The van der Waals surface area contributed by atoms with E-state index in [4.69, 9.17) is 4.42 Å². The van der Waals surface area contributed by atoms with Crippen LogP contribution in [0.3, 0.4) is 0 Å². The number of nitrogens with zero attached hydrogens (tertiary/aromatic N) is 2. The third-order valence-corrected chi connectivity index (χ3v) is 5.45. The topological polar surface area (TPSA) is 97.1 Å². The molecule has 0 saturated carbocycles. The molecule has 0 radical (unpaired) electrons. The number of carbonyl (C=O) groups excluding carboxylic acids is 2. The zero-order valence-corrected chi connectivity index (χ0v) is 16.7. The van der Waals surface area contributed by atoms with Gasteiger partial charge in [0.15, 0.2) is 5.58 Å². The highest BCUT2D eigenvalue weighted by Gasteiger charge is 2.15. The number of nitrogens with one attached hydrogen (secondary N) is 2. The number of aromatic nitrogens is 2. The Morgan fingerprint density at radius 1 is 1.07 bits per heavy atom. The predicted octanol–water partition coefficient (Wildman–Crippen LogP) is 4.43. The molecule has 0 fully saturated rings. The minimum absolute atomic E-state index is 0.0174. The standard InChI is InChI=1S/C21H18N4O3S/c1-12-7-8-14(9-13(12)2)24-21(27)25-17(26)10-29-20-19-18(22-11-23-20)15-5-3-4-6-16(15)28-19/h3-9,11H,10H2,1-2H3,(H2,24,25,26,27). The Kier molecular flexibility index (Phi) is 5.18. The van der Waals surface area contributed by atoms with E-state index in [-0.39, 0.29) is 5.75 Å². The molecule has 146 valence electrons. The van der Waals surface area contributed by atoms with E-state index in [0.29, 0.717) is 27.4 Å². The summed E-state index contributed by atoms with van der Waals surface area (Å²) in [4.78, 5) is 32.7. The molecule has 0 saturated heterocycles. The lowest BCUT2D eigenvalue weighted by Crippen LogP contribution is -2.35. The van der Waals surface area contributed by atoms with Crippen molar-refractivity contribution in [1.29, 1.82) is 0 Å². The third kappa shape index (κ3) is 4.07.